The van der Waals surface area contributed by atoms with E-state index < -0.39 is 5.54 Å². The van der Waals surface area contributed by atoms with Crippen LogP contribution in [-0.2, 0) is 9.59 Å². The van der Waals surface area contributed by atoms with Gasteiger partial charge in [0.2, 0.25) is 0 Å². The molecule has 1 aromatic rings. The Labute approximate surface area is 132 Å². The molecule has 0 bridgehead atoms. The summed E-state index contributed by atoms with van der Waals surface area (Å²) in [5.41, 5.74) is -1.07. The standard InChI is InChI=1S/C15H13ClN4O2/c1-15(14(22)18-11-8-10(16)5-6-17-11)9-13(21)19-12-4-2-3-7-20(12)15/h2-8H,9H2,1H3,(H,17,18,22). The minimum absolute atomic E-state index is 0.0128. The summed E-state index contributed by atoms with van der Waals surface area (Å²) in [5, 5.41) is 3.18. The number of rotatable bonds is 2. The van der Waals surface area contributed by atoms with Crippen LogP contribution in [0, 0.1) is 0 Å². The monoisotopic (exact) mass is 316 g/mol. The molecule has 1 unspecified atom stereocenters. The Hall–Kier alpha value is -2.47. The minimum Gasteiger partial charge on any atom is -0.317 e. The maximum Gasteiger partial charge on any atom is 0.252 e. The number of allylic oxidation sites excluding steroid dienone is 2. The van der Waals surface area contributed by atoms with Gasteiger partial charge in [-0.15, -0.1) is 0 Å². The molecule has 3 rings (SSSR count). The highest BCUT2D eigenvalue weighted by atomic mass is 35.5. The van der Waals surface area contributed by atoms with E-state index in [4.69, 9.17) is 11.6 Å². The highest BCUT2D eigenvalue weighted by Crippen LogP contribution is 2.29. The third kappa shape index (κ3) is 2.53. The van der Waals surface area contributed by atoms with Gasteiger partial charge in [0, 0.05) is 17.4 Å². The van der Waals surface area contributed by atoms with Crippen LogP contribution in [0.4, 0.5) is 5.82 Å². The summed E-state index contributed by atoms with van der Waals surface area (Å²) in [6, 6.07) is 3.17. The lowest BCUT2D eigenvalue weighted by atomic mass is 9.91. The number of nitrogens with one attached hydrogen (secondary N) is 1. The molecule has 0 spiro atoms. The zero-order valence-electron chi connectivity index (χ0n) is 11.8. The molecule has 0 radical (unpaired) electrons. The van der Waals surface area contributed by atoms with E-state index in [1.54, 1.807) is 48.4 Å². The van der Waals surface area contributed by atoms with E-state index in [0.29, 0.717) is 16.7 Å². The first-order valence-electron chi connectivity index (χ1n) is 6.68. The third-order valence-electron chi connectivity index (χ3n) is 3.56. The molecule has 0 saturated heterocycles. The first-order chi connectivity index (χ1) is 10.5. The van der Waals surface area contributed by atoms with E-state index in [9.17, 15) is 9.59 Å². The van der Waals surface area contributed by atoms with Gasteiger partial charge in [-0.1, -0.05) is 17.7 Å². The van der Waals surface area contributed by atoms with Gasteiger partial charge in [-0.25, -0.2) is 4.98 Å². The molecule has 7 heteroatoms. The van der Waals surface area contributed by atoms with E-state index in [2.05, 4.69) is 15.3 Å². The largest absolute Gasteiger partial charge is 0.317 e. The number of anilines is 1. The second kappa shape index (κ2) is 5.38. The number of hydrogen-bond acceptors (Lipinski definition) is 4. The molecule has 6 nitrogen and oxygen atoms in total. The van der Waals surface area contributed by atoms with Gasteiger partial charge in [-0.3, -0.25) is 9.59 Å². The molecule has 0 saturated carbocycles. The number of carbonyl (C=O) groups is 2. The lowest BCUT2D eigenvalue weighted by Gasteiger charge is -2.41. The zero-order valence-corrected chi connectivity index (χ0v) is 12.5. The summed E-state index contributed by atoms with van der Waals surface area (Å²) in [5.74, 6) is 0.119. The highest BCUT2D eigenvalue weighted by molar-refractivity contribution is 6.30. The number of carbonyl (C=O) groups excluding carboxylic acids is 2. The van der Waals surface area contributed by atoms with Crippen LogP contribution in [0.1, 0.15) is 13.3 Å². The number of aliphatic imine (C=N–C) groups is 1. The van der Waals surface area contributed by atoms with Crippen LogP contribution < -0.4 is 5.32 Å². The molecular formula is C15H13ClN4O2. The van der Waals surface area contributed by atoms with Crippen molar-refractivity contribution in [2.75, 3.05) is 5.32 Å². The van der Waals surface area contributed by atoms with E-state index in [-0.39, 0.29) is 18.2 Å². The van der Waals surface area contributed by atoms with Gasteiger partial charge in [-0.05, 0) is 31.2 Å². The number of halogens is 1. The van der Waals surface area contributed by atoms with Crippen molar-refractivity contribution < 1.29 is 9.59 Å². The SMILES string of the molecule is CC1(C(=O)Nc2cc(Cl)ccn2)CC(=O)N=C2C=CC=CN21. The topological polar surface area (TPSA) is 74.7 Å². The molecule has 112 valence electrons. The van der Waals surface area contributed by atoms with E-state index >= 15 is 0 Å². The van der Waals surface area contributed by atoms with Crippen molar-refractivity contribution >= 4 is 35.1 Å². The Morgan fingerprint density at radius 3 is 3.05 bits per heavy atom. The first kappa shape index (κ1) is 14.5. The smallest absolute Gasteiger partial charge is 0.252 e. The summed E-state index contributed by atoms with van der Waals surface area (Å²) in [4.78, 5) is 34.2. The number of amidine groups is 1. The third-order valence-corrected chi connectivity index (χ3v) is 3.79. The molecule has 3 heterocycles. The number of fused-ring (bicyclic) bond motifs is 1. The van der Waals surface area contributed by atoms with Crippen LogP contribution >= 0.6 is 11.6 Å². The van der Waals surface area contributed by atoms with Crippen molar-refractivity contribution in [2.45, 2.75) is 18.9 Å². The van der Waals surface area contributed by atoms with Crippen molar-refractivity contribution in [1.82, 2.24) is 9.88 Å². The number of hydrogen-bond donors (Lipinski definition) is 1. The lowest BCUT2D eigenvalue weighted by molar-refractivity contribution is -0.130. The molecule has 1 aromatic heterocycles. The first-order valence-corrected chi connectivity index (χ1v) is 7.05. The predicted octanol–water partition coefficient (Wildman–Crippen LogP) is 2.15. The highest BCUT2D eigenvalue weighted by Gasteiger charge is 2.45. The van der Waals surface area contributed by atoms with Crippen LogP contribution in [0.5, 0.6) is 0 Å². The van der Waals surface area contributed by atoms with Crippen LogP contribution in [-0.4, -0.2) is 33.1 Å². The molecule has 0 fully saturated rings. The summed E-state index contributed by atoms with van der Waals surface area (Å²) in [6.45, 7) is 1.70. The van der Waals surface area contributed by atoms with Gasteiger partial charge >= 0.3 is 0 Å². The second-order valence-electron chi connectivity index (χ2n) is 5.20. The fourth-order valence-corrected chi connectivity index (χ4v) is 2.56. The maximum absolute atomic E-state index is 12.7. The maximum atomic E-state index is 12.7. The average Bonchev–Trinajstić information content (AvgIpc) is 2.47. The Morgan fingerprint density at radius 1 is 1.45 bits per heavy atom. The molecule has 2 amide bonds. The Kier molecular flexibility index (Phi) is 3.54. The normalized spacial score (nSPS) is 23.1. The Morgan fingerprint density at radius 2 is 2.27 bits per heavy atom. The lowest BCUT2D eigenvalue weighted by Crippen LogP contribution is -2.58. The van der Waals surface area contributed by atoms with E-state index in [1.807, 2.05) is 0 Å². The Balaban J connectivity index is 1.90. The van der Waals surface area contributed by atoms with Crippen LogP contribution in [0.25, 0.3) is 0 Å². The zero-order chi connectivity index (χ0) is 15.7. The molecule has 1 atom stereocenters. The number of nitrogens with zero attached hydrogens (tertiary/aromatic N) is 3. The second-order valence-corrected chi connectivity index (χ2v) is 5.63. The summed E-state index contributed by atoms with van der Waals surface area (Å²) >= 11 is 5.89. The van der Waals surface area contributed by atoms with Gasteiger partial charge in [0.15, 0.2) is 0 Å². The van der Waals surface area contributed by atoms with Crippen LogP contribution in [0.3, 0.4) is 0 Å². The average molecular weight is 317 g/mol. The van der Waals surface area contributed by atoms with Gasteiger partial charge in [-0.2, -0.15) is 4.99 Å². The summed E-state index contributed by atoms with van der Waals surface area (Å²) in [7, 11) is 0. The fraction of sp³-hybridized carbons (Fsp3) is 0.200. The van der Waals surface area contributed by atoms with E-state index in [0.717, 1.165) is 0 Å². The molecule has 22 heavy (non-hydrogen) atoms. The van der Waals surface area contributed by atoms with E-state index in [1.165, 1.54) is 6.20 Å². The fourth-order valence-electron chi connectivity index (χ4n) is 2.40. The summed E-state index contributed by atoms with van der Waals surface area (Å²) in [6.07, 6.45) is 8.48. The summed E-state index contributed by atoms with van der Waals surface area (Å²) < 4.78 is 0. The van der Waals surface area contributed by atoms with Gasteiger partial charge in [0.1, 0.15) is 17.2 Å². The van der Waals surface area contributed by atoms with Crippen LogP contribution in [0.2, 0.25) is 5.02 Å². The predicted molar refractivity (Wildman–Crippen MR) is 83.5 cm³/mol. The number of amides is 2. The Bertz CT molecular complexity index is 741. The van der Waals surface area contributed by atoms with Crippen molar-refractivity contribution in [3.05, 3.63) is 47.8 Å². The minimum atomic E-state index is -1.07. The van der Waals surface area contributed by atoms with Crippen molar-refractivity contribution in [2.24, 2.45) is 4.99 Å². The molecule has 0 aliphatic carbocycles. The van der Waals surface area contributed by atoms with Gasteiger partial charge in [0.05, 0.1) is 6.42 Å². The van der Waals surface area contributed by atoms with Crippen molar-refractivity contribution in [3.63, 3.8) is 0 Å². The van der Waals surface area contributed by atoms with Crippen LogP contribution in [0.15, 0.2) is 47.7 Å². The molecule has 2 aliphatic rings. The number of pyridine rings is 1. The van der Waals surface area contributed by atoms with Gasteiger partial charge in [0.25, 0.3) is 11.8 Å². The molecule has 1 N–H and O–H groups in total. The molecule has 2 aliphatic heterocycles. The van der Waals surface area contributed by atoms with Crippen molar-refractivity contribution in [3.8, 4) is 0 Å². The molecular weight excluding hydrogens is 304 g/mol. The number of aromatic nitrogens is 1. The van der Waals surface area contributed by atoms with Gasteiger partial charge < -0.3 is 10.2 Å². The van der Waals surface area contributed by atoms with Crippen molar-refractivity contribution in [1.29, 1.82) is 0 Å². The molecule has 0 aromatic carbocycles. The quantitative estimate of drug-likeness (QED) is 0.907.